The number of hydrogen-bond acceptors (Lipinski definition) is 5. The van der Waals surface area contributed by atoms with Gasteiger partial charge in [0.2, 0.25) is 0 Å². The molecule has 0 radical (unpaired) electrons. The number of ketones is 1. The molecule has 1 heterocycles. The van der Waals surface area contributed by atoms with Crippen LogP contribution in [0.1, 0.15) is 18.9 Å². The highest BCUT2D eigenvalue weighted by Crippen LogP contribution is 2.23. The molecule has 0 atom stereocenters. The zero-order chi connectivity index (χ0) is 13.8. The second-order valence-corrected chi connectivity index (χ2v) is 5.46. The number of anilines is 1. The third-order valence-corrected chi connectivity index (χ3v) is 3.72. The first kappa shape index (κ1) is 13.7. The van der Waals surface area contributed by atoms with Crippen LogP contribution in [0, 0.1) is 0 Å². The number of nitrogens with two attached hydrogens (primary N) is 1. The molecule has 2 N–H and O–H groups in total. The lowest BCUT2D eigenvalue weighted by Crippen LogP contribution is -2.01. The van der Waals surface area contributed by atoms with E-state index >= 15 is 0 Å². The third-order valence-electron chi connectivity index (χ3n) is 2.71. The van der Waals surface area contributed by atoms with Gasteiger partial charge in [-0.15, -0.1) is 0 Å². The van der Waals surface area contributed by atoms with Crippen molar-refractivity contribution in [2.75, 3.05) is 11.5 Å². The molecular weight excluding hydrogens is 262 g/mol. The molecule has 0 fully saturated rings. The van der Waals surface area contributed by atoms with Gasteiger partial charge in [0.05, 0.1) is 0 Å². The molecule has 2 aromatic rings. The van der Waals surface area contributed by atoms with Gasteiger partial charge < -0.3 is 10.2 Å². The maximum absolute atomic E-state index is 11.5. The smallest absolute Gasteiger partial charge is 0.336 e. The first-order valence-corrected chi connectivity index (χ1v) is 7.11. The SMILES string of the molecule is CC(=O)CCSCc1cc(=O)oc2cc(N)ccc12. The van der Waals surface area contributed by atoms with Gasteiger partial charge >= 0.3 is 5.63 Å². The number of Topliss-reactive ketones (excluding diaryl/α,β-unsaturated/α-hetero) is 1. The monoisotopic (exact) mass is 277 g/mol. The molecule has 0 amide bonds. The fraction of sp³-hybridized carbons (Fsp3) is 0.286. The van der Waals surface area contributed by atoms with Crippen molar-refractivity contribution < 1.29 is 9.21 Å². The lowest BCUT2D eigenvalue weighted by atomic mass is 10.1. The van der Waals surface area contributed by atoms with E-state index in [1.807, 2.05) is 6.07 Å². The molecule has 1 aromatic carbocycles. The van der Waals surface area contributed by atoms with Crippen molar-refractivity contribution in [1.29, 1.82) is 0 Å². The van der Waals surface area contributed by atoms with Gasteiger partial charge in [-0.05, 0) is 24.6 Å². The van der Waals surface area contributed by atoms with Gasteiger partial charge in [-0.25, -0.2) is 4.79 Å². The normalized spacial score (nSPS) is 10.8. The predicted molar refractivity (Wildman–Crippen MR) is 78.4 cm³/mol. The number of hydrogen-bond donors (Lipinski definition) is 1. The zero-order valence-electron chi connectivity index (χ0n) is 10.6. The van der Waals surface area contributed by atoms with Crippen molar-refractivity contribution in [3.63, 3.8) is 0 Å². The molecule has 0 unspecified atom stereocenters. The maximum Gasteiger partial charge on any atom is 0.336 e. The van der Waals surface area contributed by atoms with E-state index in [-0.39, 0.29) is 11.4 Å². The average molecular weight is 277 g/mol. The highest BCUT2D eigenvalue weighted by molar-refractivity contribution is 7.98. The number of nitrogen functional groups attached to an aromatic ring is 1. The van der Waals surface area contributed by atoms with Crippen molar-refractivity contribution >= 4 is 34.2 Å². The first-order valence-electron chi connectivity index (χ1n) is 5.96. The largest absolute Gasteiger partial charge is 0.423 e. The Morgan fingerprint density at radius 3 is 2.89 bits per heavy atom. The molecule has 1 aromatic heterocycles. The quantitative estimate of drug-likeness (QED) is 0.516. The molecule has 0 aliphatic carbocycles. The molecule has 0 saturated heterocycles. The highest BCUT2D eigenvalue weighted by atomic mass is 32.2. The molecule has 4 nitrogen and oxygen atoms in total. The minimum Gasteiger partial charge on any atom is -0.423 e. The molecule has 0 aliphatic heterocycles. The summed E-state index contributed by atoms with van der Waals surface area (Å²) in [6.45, 7) is 1.58. The van der Waals surface area contributed by atoms with Crippen LogP contribution in [0.4, 0.5) is 5.69 Å². The number of carbonyl (C=O) groups excluding carboxylic acids is 1. The van der Waals surface area contributed by atoms with E-state index in [0.29, 0.717) is 23.4 Å². The van der Waals surface area contributed by atoms with Crippen LogP contribution in [0.5, 0.6) is 0 Å². The average Bonchev–Trinajstić information content (AvgIpc) is 2.33. The van der Waals surface area contributed by atoms with Crippen LogP contribution in [-0.4, -0.2) is 11.5 Å². The van der Waals surface area contributed by atoms with Crippen LogP contribution in [0.25, 0.3) is 11.0 Å². The number of rotatable bonds is 5. The summed E-state index contributed by atoms with van der Waals surface area (Å²) in [5.41, 5.74) is 7.29. The number of carbonyl (C=O) groups is 1. The second kappa shape index (κ2) is 5.93. The highest BCUT2D eigenvalue weighted by Gasteiger charge is 2.06. The summed E-state index contributed by atoms with van der Waals surface area (Å²) >= 11 is 1.63. The number of benzene rings is 1. The van der Waals surface area contributed by atoms with Crippen molar-refractivity contribution in [1.82, 2.24) is 0 Å². The fourth-order valence-electron chi connectivity index (χ4n) is 1.76. The van der Waals surface area contributed by atoms with Gasteiger partial charge in [-0.2, -0.15) is 11.8 Å². The predicted octanol–water partition coefficient (Wildman–Crippen LogP) is 2.59. The molecule has 0 spiro atoms. The molecule has 5 heteroatoms. The Kier molecular flexibility index (Phi) is 4.27. The Hall–Kier alpha value is -1.75. The third kappa shape index (κ3) is 3.61. The Labute approximate surface area is 115 Å². The van der Waals surface area contributed by atoms with Crippen LogP contribution in [0.15, 0.2) is 33.5 Å². The lowest BCUT2D eigenvalue weighted by molar-refractivity contribution is -0.116. The Morgan fingerprint density at radius 1 is 1.37 bits per heavy atom. The second-order valence-electron chi connectivity index (χ2n) is 4.35. The summed E-state index contributed by atoms with van der Waals surface area (Å²) in [6, 6.07) is 6.79. The van der Waals surface area contributed by atoms with Crippen LogP contribution in [-0.2, 0) is 10.5 Å². The summed E-state index contributed by atoms with van der Waals surface area (Å²) in [6.07, 6.45) is 0.553. The molecule has 19 heavy (non-hydrogen) atoms. The molecule has 100 valence electrons. The lowest BCUT2D eigenvalue weighted by Gasteiger charge is -2.05. The van der Waals surface area contributed by atoms with Crippen molar-refractivity contribution in [2.24, 2.45) is 0 Å². The minimum absolute atomic E-state index is 0.178. The van der Waals surface area contributed by atoms with Gasteiger partial charge in [0.15, 0.2) is 0 Å². The van der Waals surface area contributed by atoms with Gasteiger partial charge in [0, 0.05) is 41.1 Å². The maximum atomic E-state index is 11.5. The van der Waals surface area contributed by atoms with E-state index in [4.69, 9.17) is 10.2 Å². The van der Waals surface area contributed by atoms with Crippen LogP contribution in [0.2, 0.25) is 0 Å². The summed E-state index contributed by atoms with van der Waals surface area (Å²) in [5.74, 6) is 1.61. The molecule has 0 saturated carbocycles. The summed E-state index contributed by atoms with van der Waals surface area (Å²) in [4.78, 5) is 22.4. The van der Waals surface area contributed by atoms with E-state index in [9.17, 15) is 9.59 Å². The Bertz CT molecular complexity index is 663. The van der Waals surface area contributed by atoms with Crippen LogP contribution < -0.4 is 11.4 Å². The topological polar surface area (TPSA) is 73.3 Å². The molecule has 0 bridgehead atoms. The van der Waals surface area contributed by atoms with Crippen LogP contribution >= 0.6 is 11.8 Å². The molecule has 0 aliphatic rings. The van der Waals surface area contributed by atoms with Crippen molar-refractivity contribution in [3.8, 4) is 0 Å². The van der Waals surface area contributed by atoms with Gasteiger partial charge in [0.1, 0.15) is 11.4 Å². The molecule has 2 rings (SSSR count). The number of thioether (sulfide) groups is 1. The fourth-order valence-corrected chi connectivity index (χ4v) is 2.80. The van der Waals surface area contributed by atoms with E-state index in [1.165, 1.54) is 6.07 Å². The standard InChI is InChI=1S/C14H15NO3S/c1-9(16)4-5-19-8-10-6-14(17)18-13-7-11(15)2-3-12(10)13/h2-3,6-7H,4-5,8,15H2,1H3. The first-order chi connectivity index (χ1) is 9.06. The number of fused-ring (bicyclic) bond motifs is 1. The molecular formula is C14H15NO3S. The van der Waals surface area contributed by atoms with Gasteiger partial charge in [-0.3, -0.25) is 4.79 Å². The van der Waals surface area contributed by atoms with Crippen molar-refractivity contribution in [2.45, 2.75) is 19.1 Å². The van der Waals surface area contributed by atoms with E-state index < -0.39 is 0 Å². The summed E-state index contributed by atoms with van der Waals surface area (Å²) in [5, 5.41) is 0.893. The van der Waals surface area contributed by atoms with Gasteiger partial charge in [-0.1, -0.05) is 0 Å². The van der Waals surface area contributed by atoms with Gasteiger partial charge in [0.25, 0.3) is 0 Å². The van der Waals surface area contributed by atoms with E-state index in [0.717, 1.165) is 16.7 Å². The van der Waals surface area contributed by atoms with Crippen LogP contribution in [0.3, 0.4) is 0 Å². The van der Waals surface area contributed by atoms with E-state index in [1.54, 1.807) is 30.8 Å². The van der Waals surface area contributed by atoms with Crippen molar-refractivity contribution in [3.05, 3.63) is 40.2 Å². The zero-order valence-corrected chi connectivity index (χ0v) is 11.5. The Morgan fingerprint density at radius 2 is 2.16 bits per heavy atom. The van der Waals surface area contributed by atoms with E-state index in [2.05, 4.69) is 0 Å². The Balaban J connectivity index is 2.22. The summed E-state index contributed by atoms with van der Waals surface area (Å²) in [7, 11) is 0. The summed E-state index contributed by atoms with van der Waals surface area (Å²) < 4.78 is 5.13. The minimum atomic E-state index is -0.375.